The number of methoxy groups -OCH3 is 1. The molecule has 2 aromatic heterocycles. The lowest BCUT2D eigenvalue weighted by Gasteiger charge is -2.25. The van der Waals surface area contributed by atoms with E-state index in [-0.39, 0.29) is 17.2 Å². The normalized spacial score (nSPS) is 15.2. The first-order valence-corrected chi connectivity index (χ1v) is 10.4. The number of rotatable bonds is 4. The van der Waals surface area contributed by atoms with Crippen molar-refractivity contribution in [3.05, 3.63) is 56.7 Å². The van der Waals surface area contributed by atoms with E-state index in [4.69, 9.17) is 19.9 Å². The predicted molar refractivity (Wildman–Crippen MR) is 113 cm³/mol. The summed E-state index contributed by atoms with van der Waals surface area (Å²) in [6.45, 7) is 1.31. The molecule has 0 spiro atoms. The van der Waals surface area contributed by atoms with E-state index in [1.165, 1.54) is 25.4 Å². The van der Waals surface area contributed by atoms with Gasteiger partial charge in [-0.1, -0.05) is 6.07 Å². The summed E-state index contributed by atoms with van der Waals surface area (Å²) < 4.78 is 16.8. The Morgan fingerprint density at radius 1 is 1.47 bits per heavy atom. The predicted octanol–water partition coefficient (Wildman–Crippen LogP) is 4.05. The number of halogens is 1. The molecule has 10 heteroatoms. The smallest absolute Gasteiger partial charge is 0.308 e. The monoisotopic (exact) mass is 486 g/mol. The molecule has 0 radical (unpaired) electrons. The molecule has 1 unspecified atom stereocenters. The lowest BCUT2D eigenvalue weighted by molar-refractivity contribution is -0.132. The molecular weight excluding hydrogens is 472 g/mol. The van der Waals surface area contributed by atoms with Crippen LogP contribution in [0.25, 0.3) is 10.6 Å². The highest BCUT2D eigenvalue weighted by Crippen LogP contribution is 2.49. The Hall–Kier alpha value is -3.29. The van der Waals surface area contributed by atoms with Gasteiger partial charge in [-0.15, -0.1) is 16.4 Å². The van der Waals surface area contributed by atoms with Crippen molar-refractivity contribution in [2.75, 3.05) is 7.11 Å². The highest BCUT2D eigenvalue weighted by atomic mass is 79.9. The third kappa shape index (κ3) is 3.32. The number of aromatic amines is 1. The largest absolute Gasteiger partial charge is 0.493 e. The van der Waals surface area contributed by atoms with Gasteiger partial charge in [-0.05, 0) is 45.1 Å². The van der Waals surface area contributed by atoms with Gasteiger partial charge in [-0.3, -0.25) is 9.89 Å². The Kier molecular flexibility index (Phi) is 5.24. The molecule has 0 saturated carbocycles. The van der Waals surface area contributed by atoms with Crippen LogP contribution in [-0.4, -0.2) is 23.3 Å². The summed E-state index contributed by atoms with van der Waals surface area (Å²) in [6.07, 6.45) is 0. The average molecular weight is 487 g/mol. The molecule has 0 amide bonds. The molecule has 1 aliphatic rings. The lowest BCUT2D eigenvalue weighted by atomic mass is 9.83. The SMILES string of the molecule is COc1cc(C2C(C#N)=C(N)Oc3n[nH]c(-c4cccs4)c32)cc(Br)c1OC(C)=O. The molecule has 8 nitrogen and oxygen atoms in total. The van der Waals surface area contributed by atoms with Crippen molar-refractivity contribution in [3.8, 4) is 34.0 Å². The van der Waals surface area contributed by atoms with Crippen molar-refractivity contribution in [1.82, 2.24) is 10.2 Å². The van der Waals surface area contributed by atoms with E-state index in [1.807, 2.05) is 17.5 Å². The molecule has 0 aliphatic carbocycles. The van der Waals surface area contributed by atoms with Crippen LogP contribution in [0.3, 0.4) is 0 Å². The van der Waals surface area contributed by atoms with E-state index in [0.717, 1.165) is 10.6 Å². The van der Waals surface area contributed by atoms with Gasteiger partial charge in [0.15, 0.2) is 11.5 Å². The van der Waals surface area contributed by atoms with Gasteiger partial charge < -0.3 is 19.9 Å². The van der Waals surface area contributed by atoms with Gasteiger partial charge in [0.1, 0.15) is 11.6 Å². The van der Waals surface area contributed by atoms with E-state index in [0.29, 0.717) is 27.2 Å². The number of fused-ring (bicyclic) bond motifs is 1. The molecule has 1 aliphatic heterocycles. The van der Waals surface area contributed by atoms with Crippen molar-refractivity contribution in [3.63, 3.8) is 0 Å². The summed E-state index contributed by atoms with van der Waals surface area (Å²) in [4.78, 5) is 12.4. The fourth-order valence-electron chi connectivity index (χ4n) is 3.34. The number of thiophene rings is 1. The number of nitrogens with one attached hydrogen (secondary N) is 1. The van der Waals surface area contributed by atoms with E-state index in [1.54, 1.807) is 12.1 Å². The number of allylic oxidation sites excluding steroid dienone is 1. The average Bonchev–Trinajstić information content (AvgIpc) is 3.37. The quantitative estimate of drug-likeness (QED) is 0.420. The minimum atomic E-state index is -0.564. The molecule has 0 fully saturated rings. The summed E-state index contributed by atoms with van der Waals surface area (Å²) in [7, 11) is 1.47. The van der Waals surface area contributed by atoms with E-state index in [9.17, 15) is 10.1 Å². The highest BCUT2D eigenvalue weighted by molar-refractivity contribution is 9.10. The second-order valence-electron chi connectivity index (χ2n) is 6.35. The Labute approximate surface area is 184 Å². The first-order valence-electron chi connectivity index (χ1n) is 8.70. The summed E-state index contributed by atoms with van der Waals surface area (Å²) in [5.41, 5.74) is 8.41. The fourth-order valence-corrected chi connectivity index (χ4v) is 4.61. The number of esters is 1. The number of nitrogens with zero attached hydrogens (tertiary/aromatic N) is 2. The number of nitrogens with two attached hydrogens (primary N) is 1. The molecule has 30 heavy (non-hydrogen) atoms. The van der Waals surface area contributed by atoms with Crippen molar-refractivity contribution in [1.29, 1.82) is 5.26 Å². The van der Waals surface area contributed by atoms with Crippen LogP contribution in [0, 0.1) is 11.3 Å². The minimum Gasteiger partial charge on any atom is -0.493 e. The standard InChI is InChI=1S/C20H15BrN4O4S/c1-9(26)28-18-12(21)6-10(7-13(18)27-2)15-11(8-22)19(23)29-20-16(15)17(24-25-20)14-4-3-5-30-14/h3-7,15H,23H2,1-2H3,(H,24,25). The zero-order valence-corrected chi connectivity index (χ0v) is 18.3. The fraction of sp³-hybridized carbons (Fsp3) is 0.150. The third-order valence-electron chi connectivity index (χ3n) is 4.54. The number of hydrogen-bond donors (Lipinski definition) is 2. The molecule has 0 bridgehead atoms. The number of H-pyrrole nitrogens is 1. The van der Waals surface area contributed by atoms with Gasteiger partial charge in [-0.25, -0.2) is 0 Å². The van der Waals surface area contributed by atoms with Crippen LogP contribution in [-0.2, 0) is 4.79 Å². The maximum Gasteiger partial charge on any atom is 0.308 e. The summed E-state index contributed by atoms with van der Waals surface area (Å²) in [5, 5.41) is 19.0. The zero-order valence-electron chi connectivity index (χ0n) is 15.9. The number of carbonyl (C=O) groups is 1. The molecule has 3 N–H and O–H groups in total. The first kappa shape index (κ1) is 20.0. The summed E-state index contributed by atoms with van der Waals surface area (Å²) in [6, 6.07) is 9.50. The molecule has 152 valence electrons. The molecule has 3 heterocycles. The molecule has 0 saturated heterocycles. The number of aromatic nitrogens is 2. The van der Waals surface area contributed by atoms with Gasteiger partial charge in [0.2, 0.25) is 11.8 Å². The molecular formula is C20H15BrN4O4S. The molecule has 4 rings (SSSR count). The van der Waals surface area contributed by atoms with Crippen molar-refractivity contribution in [2.45, 2.75) is 12.8 Å². The van der Waals surface area contributed by atoms with Crippen LogP contribution in [0.4, 0.5) is 0 Å². The minimum absolute atomic E-state index is 0.0154. The zero-order chi connectivity index (χ0) is 21.4. The second kappa shape index (κ2) is 7.85. The number of benzene rings is 1. The van der Waals surface area contributed by atoms with Gasteiger partial charge in [-0.2, -0.15) is 5.26 Å². The van der Waals surface area contributed by atoms with E-state index in [2.05, 4.69) is 32.2 Å². The van der Waals surface area contributed by atoms with Crippen LogP contribution < -0.4 is 19.9 Å². The van der Waals surface area contributed by atoms with Crippen LogP contribution in [0.5, 0.6) is 17.4 Å². The Balaban J connectivity index is 1.94. The van der Waals surface area contributed by atoms with Gasteiger partial charge in [0, 0.05) is 6.92 Å². The summed E-state index contributed by atoms with van der Waals surface area (Å²) in [5.74, 6) is -0.169. The maximum atomic E-state index is 11.5. The van der Waals surface area contributed by atoms with Crippen LogP contribution >= 0.6 is 27.3 Å². The molecule has 1 aromatic carbocycles. The second-order valence-corrected chi connectivity index (χ2v) is 8.15. The Bertz CT molecular complexity index is 1210. The van der Waals surface area contributed by atoms with E-state index >= 15 is 0 Å². The van der Waals surface area contributed by atoms with Crippen molar-refractivity contribution < 1.29 is 19.0 Å². The first-order chi connectivity index (χ1) is 14.4. The Morgan fingerprint density at radius 2 is 2.27 bits per heavy atom. The van der Waals surface area contributed by atoms with Gasteiger partial charge in [0.25, 0.3) is 0 Å². The number of nitriles is 1. The Morgan fingerprint density at radius 3 is 2.90 bits per heavy atom. The van der Waals surface area contributed by atoms with Crippen molar-refractivity contribution in [2.24, 2.45) is 5.73 Å². The number of ether oxygens (including phenoxy) is 3. The summed E-state index contributed by atoms with van der Waals surface area (Å²) >= 11 is 4.97. The topological polar surface area (TPSA) is 123 Å². The lowest BCUT2D eigenvalue weighted by Crippen LogP contribution is -2.21. The van der Waals surface area contributed by atoms with Crippen LogP contribution in [0.15, 0.2) is 45.6 Å². The molecule has 1 atom stereocenters. The number of hydrogen-bond acceptors (Lipinski definition) is 8. The molecule has 3 aromatic rings. The van der Waals surface area contributed by atoms with Crippen LogP contribution in [0.2, 0.25) is 0 Å². The van der Waals surface area contributed by atoms with Gasteiger partial charge >= 0.3 is 5.97 Å². The maximum absolute atomic E-state index is 11.5. The van der Waals surface area contributed by atoms with Crippen molar-refractivity contribution >= 4 is 33.2 Å². The highest BCUT2D eigenvalue weighted by Gasteiger charge is 2.36. The van der Waals surface area contributed by atoms with Crippen LogP contribution in [0.1, 0.15) is 24.0 Å². The number of carbonyl (C=O) groups excluding carboxylic acids is 1. The van der Waals surface area contributed by atoms with Gasteiger partial charge in [0.05, 0.1) is 33.6 Å². The van der Waals surface area contributed by atoms with E-state index < -0.39 is 11.9 Å². The third-order valence-corrected chi connectivity index (χ3v) is 6.01.